The largest absolute Gasteiger partial charge is 0.463 e. The first-order chi connectivity index (χ1) is 11.7. The highest BCUT2D eigenvalue weighted by Crippen LogP contribution is 2.19. The molecule has 2 unspecified atom stereocenters. The molecule has 0 heterocycles. The molecular formula is C16H16Cl2O7. The number of hydrogen-bond acceptors (Lipinski definition) is 7. The number of carbonyl (C=O) groups excluding carboxylic acids is 3. The van der Waals surface area contributed by atoms with Gasteiger partial charge in [-0.1, -0.05) is 29.8 Å². The van der Waals surface area contributed by atoms with E-state index in [2.05, 4.69) is 11.3 Å². The molecule has 0 bridgehead atoms. The van der Waals surface area contributed by atoms with Crippen LogP contribution in [-0.2, 0) is 28.6 Å². The fourth-order valence-electron chi connectivity index (χ4n) is 1.55. The zero-order valence-electron chi connectivity index (χ0n) is 13.5. The fourth-order valence-corrected chi connectivity index (χ4v) is 1.83. The highest BCUT2D eigenvalue weighted by atomic mass is 35.5. The minimum atomic E-state index is -1.66. The summed E-state index contributed by atoms with van der Waals surface area (Å²) < 4.78 is 19.5. The number of halogens is 2. The van der Waals surface area contributed by atoms with Gasteiger partial charge < -0.3 is 18.9 Å². The van der Waals surface area contributed by atoms with Gasteiger partial charge in [-0.3, -0.25) is 4.79 Å². The Morgan fingerprint density at radius 3 is 2.28 bits per heavy atom. The molecule has 0 saturated heterocycles. The van der Waals surface area contributed by atoms with E-state index in [4.69, 9.17) is 37.4 Å². The number of hydrogen-bond donors (Lipinski definition) is 0. The lowest BCUT2D eigenvalue weighted by molar-refractivity contribution is -0.170. The van der Waals surface area contributed by atoms with Crippen molar-refractivity contribution < 1.29 is 33.3 Å². The van der Waals surface area contributed by atoms with Crippen LogP contribution >= 0.6 is 23.2 Å². The van der Waals surface area contributed by atoms with E-state index in [1.807, 2.05) is 0 Å². The lowest BCUT2D eigenvalue weighted by Gasteiger charge is -2.19. The Morgan fingerprint density at radius 2 is 1.76 bits per heavy atom. The first-order valence-corrected chi connectivity index (χ1v) is 7.86. The van der Waals surface area contributed by atoms with Crippen molar-refractivity contribution in [1.82, 2.24) is 0 Å². The summed E-state index contributed by atoms with van der Waals surface area (Å²) in [7, 11) is 0. The van der Waals surface area contributed by atoms with Gasteiger partial charge in [0.1, 0.15) is 5.75 Å². The van der Waals surface area contributed by atoms with Crippen LogP contribution in [0.3, 0.4) is 0 Å². The molecule has 7 nitrogen and oxygen atoms in total. The quantitative estimate of drug-likeness (QED) is 0.291. The van der Waals surface area contributed by atoms with Crippen LogP contribution in [0, 0.1) is 0 Å². The number of rotatable bonds is 8. The SMILES string of the molecule is C=C(OC(C)=O)C(OC(=O)C(Cl)Oc1ccc(Cl)cc1)C(=O)OCC. The number of ether oxygens (including phenoxy) is 4. The molecule has 0 radical (unpaired) electrons. The van der Waals surface area contributed by atoms with Crippen molar-refractivity contribution in [1.29, 1.82) is 0 Å². The first-order valence-electron chi connectivity index (χ1n) is 7.05. The van der Waals surface area contributed by atoms with Crippen molar-refractivity contribution in [2.24, 2.45) is 0 Å². The molecule has 1 aromatic carbocycles. The van der Waals surface area contributed by atoms with E-state index in [-0.39, 0.29) is 12.4 Å². The topological polar surface area (TPSA) is 88.1 Å². The second kappa shape index (κ2) is 9.90. The van der Waals surface area contributed by atoms with Crippen LogP contribution in [0.1, 0.15) is 13.8 Å². The van der Waals surface area contributed by atoms with Crippen LogP contribution in [0.5, 0.6) is 5.75 Å². The van der Waals surface area contributed by atoms with E-state index >= 15 is 0 Å². The van der Waals surface area contributed by atoms with Crippen LogP contribution in [0.15, 0.2) is 36.6 Å². The molecule has 0 aliphatic heterocycles. The van der Waals surface area contributed by atoms with Crippen LogP contribution in [0.2, 0.25) is 5.02 Å². The van der Waals surface area contributed by atoms with E-state index in [9.17, 15) is 14.4 Å². The highest BCUT2D eigenvalue weighted by Gasteiger charge is 2.33. The summed E-state index contributed by atoms with van der Waals surface area (Å²) in [6, 6.07) is 6.06. The maximum absolute atomic E-state index is 12.0. The Labute approximate surface area is 154 Å². The second-order valence-electron chi connectivity index (χ2n) is 4.52. The van der Waals surface area contributed by atoms with E-state index in [1.165, 1.54) is 24.3 Å². The molecule has 0 aliphatic rings. The predicted octanol–water partition coefficient (Wildman–Crippen LogP) is 2.84. The molecule has 2 atom stereocenters. The van der Waals surface area contributed by atoms with Gasteiger partial charge in [-0.05, 0) is 31.2 Å². The lowest BCUT2D eigenvalue weighted by atomic mass is 10.3. The van der Waals surface area contributed by atoms with E-state index in [1.54, 1.807) is 6.92 Å². The maximum atomic E-state index is 12.0. The van der Waals surface area contributed by atoms with Gasteiger partial charge in [-0.2, -0.15) is 0 Å². The molecule has 0 aliphatic carbocycles. The van der Waals surface area contributed by atoms with Crippen molar-refractivity contribution in [3.63, 3.8) is 0 Å². The van der Waals surface area contributed by atoms with E-state index in [0.29, 0.717) is 5.02 Å². The van der Waals surface area contributed by atoms with Crippen LogP contribution in [0.25, 0.3) is 0 Å². The molecule has 0 amide bonds. The van der Waals surface area contributed by atoms with Crippen LogP contribution in [-0.4, -0.2) is 36.2 Å². The number of benzene rings is 1. The Balaban J connectivity index is 2.78. The van der Waals surface area contributed by atoms with Crippen molar-refractivity contribution in [3.8, 4) is 5.75 Å². The van der Waals surface area contributed by atoms with Gasteiger partial charge >= 0.3 is 17.9 Å². The number of carbonyl (C=O) groups is 3. The predicted molar refractivity (Wildman–Crippen MR) is 89.1 cm³/mol. The van der Waals surface area contributed by atoms with Gasteiger partial charge in [0.05, 0.1) is 6.61 Å². The molecule has 1 aromatic rings. The van der Waals surface area contributed by atoms with Crippen molar-refractivity contribution in [2.75, 3.05) is 6.61 Å². The van der Waals surface area contributed by atoms with E-state index in [0.717, 1.165) is 6.92 Å². The third kappa shape index (κ3) is 7.03. The summed E-state index contributed by atoms with van der Waals surface area (Å²) in [5, 5.41) is 0.473. The normalized spacial score (nSPS) is 12.5. The molecule has 9 heteroatoms. The molecule has 0 N–H and O–H groups in total. The number of alkyl halides is 1. The second-order valence-corrected chi connectivity index (χ2v) is 5.35. The minimum absolute atomic E-state index is 0.0197. The summed E-state index contributed by atoms with van der Waals surface area (Å²) in [6.07, 6.45) is -1.66. The van der Waals surface area contributed by atoms with Gasteiger partial charge in [0.2, 0.25) is 0 Å². The van der Waals surface area contributed by atoms with Crippen molar-refractivity contribution >= 4 is 41.1 Å². The lowest BCUT2D eigenvalue weighted by Crippen LogP contribution is -2.36. The van der Waals surface area contributed by atoms with Crippen molar-refractivity contribution in [3.05, 3.63) is 41.6 Å². The Hall–Kier alpha value is -2.25. The summed E-state index contributed by atoms with van der Waals surface area (Å²) in [6.45, 7) is 6.06. The standard InChI is InChI=1S/C16H16Cl2O7/c1-4-22-15(20)13(9(2)23-10(3)19)25-16(21)14(18)24-12-7-5-11(17)6-8-12/h5-8,13-14H,2,4H2,1,3H3. The first kappa shape index (κ1) is 20.8. The fraction of sp³-hybridized carbons (Fsp3) is 0.312. The molecule has 136 valence electrons. The smallest absolute Gasteiger partial charge is 0.364 e. The van der Waals surface area contributed by atoms with Gasteiger partial charge in [-0.15, -0.1) is 0 Å². The van der Waals surface area contributed by atoms with Gasteiger partial charge in [0, 0.05) is 11.9 Å². The average molecular weight is 391 g/mol. The molecular weight excluding hydrogens is 375 g/mol. The van der Waals surface area contributed by atoms with Crippen molar-refractivity contribution in [2.45, 2.75) is 25.5 Å². The third-order valence-electron chi connectivity index (χ3n) is 2.54. The molecule has 0 fully saturated rings. The Kier molecular flexibility index (Phi) is 8.24. The maximum Gasteiger partial charge on any atom is 0.364 e. The van der Waals surface area contributed by atoms with Gasteiger partial charge in [-0.25, -0.2) is 9.59 Å². The molecule has 0 saturated carbocycles. The molecule has 0 spiro atoms. The zero-order valence-corrected chi connectivity index (χ0v) is 15.0. The zero-order chi connectivity index (χ0) is 19.0. The van der Waals surface area contributed by atoms with Crippen LogP contribution < -0.4 is 4.74 Å². The van der Waals surface area contributed by atoms with Gasteiger partial charge in [0.25, 0.3) is 11.7 Å². The minimum Gasteiger partial charge on any atom is -0.463 e. The summed E-state index contributed by atoms with van der Waals surface area (Å²) in [5.41, 5.74) is -1.57. The van der Waals surface area contributed by atoms with E-state index < -0.39 is 35.3 Å². The Bertz CT molecular complexity index is 642. The molecule has 0 aromatic heterocycles. The summed E-state index contributed by atoms with van der Waals surface area (Å²) >= 11 is 11.6. The molecule has 1 rings (SSSR count). The Morgan fingerprint density at radius 1 is 1.16 bits per heavy atom. The monoisotopic (exact) mass is 390 g/mol. The average Bonchev–Trinajstić information content (AvgIpc) is 2.53. The van der Waals surface area contributed by atoms with Gasteiger partial charge in [0.15, 0.2) is 5.76 Å². The summed E-state index contributed by atoms with van der Waals surface area (Å²) in [5.74, 6) is -2.95. The van der Waals surface area contributed by atoms with Crippen LogP contribution in [0.4, 0.5) is 0 Å². The number of esters is 3. The highest BCUT2D eigenvalue weighted by molar-refractivity contribution is 6.30. The summed E-state index contributed by atoms with van der Waals surface area (Å²) in [4.78, 5) is 34.9. The molecule has 25 heavy (non-hydrogen) atoms. The third-order valence-corrected chi connectivity index (χ3v) is 3.06.